The Morgan fingerprint density at radius 3 is 2.32 bits per heavy atom. The Hall–Kier alpha value is -3.44. The summed E-state index contributed by atoms with van der Waals surface area (Å²) in [5.41, 5.74) is -0.678. The number of imidazole rings is 1. The number of sulfonamides is 1. The molecule has 0 saturated heterocycles. The first-order chi connectivity index (χ1) is 10.4. The second-order valence-corrected chi connectivity index (χ2v) is 5.57. The molecule has 0 aliphatic heterocycles. The van der Waals surface area contributed by atoms with Crippen molar-refractivity contribution < 1.29 is 13.3 Å². The van der Waals surface area contributed by atoms with Gasteiger partial charge in [0.1, 0.15) is 12.1 Å². The summed E-state index contributed by atoms with van der Waals surface area (Å²) in [6.07, 6.45) is 0. The molecule has 0 saturated carbocycles. The SMILES string of the molecule is N#Cc1nc(NS(=O)(=O)c2ccc([N+](=O)[O-])cc2)[nH]c1C#N. The number of nitriles is 2. The molecule has 0 fully saturated rings. The van der Waals surface area contributed by atoms with Crippen LogP contribution in [0.4, 0.5) is 11.6 Å². The monoisotopic (exact) mass is 318 g/mol. The molecule has 22 heavy (non-hydrogen) atoms. The van der Waals surface area contributed by atoms with Crippen LogP contribution >= 0.6 is 0 Å². The molecule has 0 radical (unpaired) electrons. The van der Waals surface area contributed by atoms with Crippen LogP contribution in [0.2, 0.25) is 0 Å². The summed E-state index contributed by atoms with van der Waals surface area (Å²) in [6, 6.07) is 7.49. The molecule has 0 aliphatic carbocycles. The van der Waals surface area contributed by atoms with Gasteiger partial charge in [-0.2, -0.15) is 15.5 Å². The molecule has 2 aromatic rings. The van der Waals surface area contributed by atoms with Crippen molar-refractivity contribution in [3.8, 4) is 12.1 Å². The van der Waals surface area contributed by atoms with E-state index in [1.165, 1.54) is 0 Å². The highest BCUT2D eigenvalue weighted by atomic mass is 32.2. The van der Waals surface area contributed by atoms with Gasteiger partial charge in [0.15, 0.2) is 11.4 Å². The maximum Gasteiger partial charge on any atom is 0.269 e. The largest absolute Gasteiger partial charge is 0.314 e. The summed E-state index contributed by atoms with van der Waals surface area (Å²) in [6.45, 7) is 0. The standard InChI is InChI=1S/C11H6N6O4S/c12-5-9-10(6-13)15-11(14-9)16-22(20,21)8-3-1-7(2-4-8)17(18)19/h1-4H,(H2,14,15,16). The summed E-state index contributed by atoms with van der Waals surface area (Å²) in [4.78, 5) is 15.6. The lowest BCUT2D eigenvalue weighted by Crippen LogP contribution is -2.14. The van der Waals surface area contributed by atoms with E-state index in [-0.39, 0.29) is 27.9 Å². The van der Waals surface area contributed by atoms with E-state index in [2.05, 4.69) is 9.97 Å². The lowest BCUT2D eigenvalue weighted by Gasteiger charge is -2.04. The molecule has 0 amide bonds. The second kappa shape index (κ2) is 5.51. The molecule has 1 aromatic heterocycles. The summed E-state index contributed by atoms with van der Waals surface area (Å²) in [5.74, 6) is -0.300. The van der Waals surface area contributed by atoms with Crippen LogP contribution in [-0.2, 0) is 10.0 Å². The maximum atomic E-state index is 12.1. The Balaban J connectivity index is 2.32. The van der Waals surface area contributed by atoms with Gasteiger partial charge in [-0.05, 0) is 12.1 Å². The highest BCUT2D eigenvalue weighted by Gasteiger charge is 2.19. The van der Waals surface area contributed by atoms with Crippen molar-refractivity contribution in [2.45, 2.75) is 4.90 Å². The molecule has 10 nitrogen and oxygen atoms in total. The van der Waals surface area contributed by atoms with E-state index in [1.807, 2.05) is 4.72 Å². The molecule has 2 N–H and O–H groups in total. The second-order valence-electron chi connectivity index (χ2n) is 3.89. The van der Waals surface area contributed by atoms with Gasteiger partial charge in [0.25, 0.3) is 15.7 Å². The fourth-order valence-electron chi connectivity index (χ4n) is 1.52. The van der Waals surface area contributed by atoms with E-state index in [0.29, 0.717) is 0 Å². The van der Waals surface area contributed by atoms with Crippen molar-refractivity contribution in [3.05, 3.63) is 45.8 Å². The molecule has 2 rings (SSSR count). The van der Waals surface area contributed by atoms with E-state index >= 15 is 0 Å². The average molecular weight is 318 g/mol. The fraction of sp³-hybridized carbons (Fsp3) is 0. The number of hydrogen-bond acceptors (Lipinski definition) is 7. The smallest absolute Gasteiger partial charge is 0.269 e. The minimum Gasteiger partial charge on any atom is -0.314 e. The van der Waals surface area contributed by atoms with Crippen LogP contribution < -0.4 is 4.72 Å². The van der Waals surface area contributed by atoms with E-state index in [1.54, 1.807) is 12.1 Å². The molecule has 0 bridgehead atoms. The Morgan fingerprint density at radius 2 is 1.86 bits per heavy atom. The van der Waals surface area contributed by atoms with Gasteiger partial charge in [-0.25, -0.2) is 13.1 Å². The van der Waals surface area contributed by atoms with Gasteiger partial charge in [0.2, 0.25) is 5.95 Å². The molecular formula is C11H6N6O4S. The normalized spacial score (nSPS) is 10.5. The molecule has 11 heteroatoms. The molecular weight excluding hydrogens is 312 g/mol. The number of non-ortho nitro benzene ring substituents is 1. The van der Waals surface area contributed by atoms with E-state index < -0.39 is 14.9 Å². The van der Waals surface area contributed by atoms with Gasteiger partial charge < -0.3 is 4.98 Å². The van der Waals surface area contributed by atoms with Crippen molar-refractivity contribution in [2.75, 3.05) is 4.72 Å². The number of anilines is 1. The van der Waals surface area contributed by atoms with Gasteiger partial charge >= 0.3 is 0 Å². The molecule has 1 aromatic carbocycles. The van der Waals surface area contributed by atoms with Crippen molar-refractivity contribution >= 4 is 21.7 Å². The third-order valence-electron chi connectivity index (χ3n) is 2.51. The first-order valence-corrected chi connectivity index (χ1v) is 7.03. The van der Waals surface area contributed by atoms with Gasteiger partial charge in [-0.1, -0.05) is 0 Å². The van der Waals surface area contributed by atoms with Crippen molar-refractivity contribution in [1.82, 2.24) is 9.97 Å². The van der Waals surface area contributed by atoms with Crippen LogP contribution in [0, 0.1) is 32.8 Å². The lowest BCUT2D eigenvalue weighted by molar-refractivity contribution is -0.384. The summed E-state index contributed by atoms with van der Waals surface area (Å²) in [7, 11) is -4.06. The Bertz CT molecular complexity index is 885. The predicted octanol–water partition coefficient (Wildman–Crippen LogP) is 0.862. The quantitative estimate of drug-likeness (QED) is 0.622. The molecule has 110 valence electrons. The number of hydrogen-bond donors (Lipinski definition) is 2. The molecule has 0 atom stereocenters. The van der Waals surface area contributed by atoms with Crippen LogP contribution in [0.5, 0.6) is 0 Å². The number of aromatic nitrogens is 2. The van der Waals surface area contributed by atoms with Crippen LogP contribution in [-0.4, -0.2) is 23.3 Å². The summed E-state index contributed by atoms with van der Waals surface area (Å²) in [5, 5.41) is 28.0. The predicted molar refractivity (Wildman–Crippen MR) is 71.9 cm³/mol. The maximum absolute atomic E-state index is 12.1. The zero-order chi connectivity index (χ0) is 16.3. The molecule has 0 spiro atoms. The number of aromatic amines is 1. The number of nitro groups is 1. The highest BCUT2D eigenvalue weighted by Crippen LogP contribution is 2.18. The number of nitro benzene ring substituents is 1. The summed E-state index contributed by atoms with van der Waals surface area (Å²) < 4.78 is 26.2. The Kier molecular flexibility index (Phi) is 3.75. The minimum absolute atomic E-state index is 0.177. The number of nitrogens with zero attached hydrogens (tertiary/aromatic N) is 4. The minimum atomic E-state index is -4.06. The number of nitrogens with one attached hydrogen (secondary N) is 2. The molecule has 0 unspecified atom stereocenters. The Labute approximate surface area is 123 Å². The van der Waals surface area contributed by atoms with Crippen molar-refractivity contribution in [2.24, 2.45) is 0 Å². The third-order valence-corrected chi connectivity index (χ3v) is 3.87. The number of benzene rings is 1. The third kappa shape index (κ3) is 2.84. The fourth-order valence-corrected chi connectivity index (χ4v) is 2.48. The van der Waals surface area contributed by atoms with Gasteiger partial charge in [0.05, 0.1) is 9.82 Å². The Morgan fingerprint density at radius 1 is 1.23 bits per heavy atom. The van der Waals surface area contributed by atoms with Crippen molar-refractivity contribution in [3.63, 3.8) is 0 Å². The van der Waals surface area contributed by atoms with Crippen LogP contribution in [0.3, 0.4) is 0 Å². The first-order valence-electron chi connectivity index (χ1n) is 5.55. The molecule has 0 aliphatic rings. The van der Waals surface area contributed by atoms with Crippen LogP contribution in [0.1, 0.15) is 11.4 Å². The first kappa shape index (κ1) is 15.0. The summed E-state index contributed by atoms with van der Waals surface area (Å²) >= 11 is 0. The highest BCUT2D eigenvalue weighted by molar-refractivity contribution is 7.92. The zero-order valence-corrected chi connectivity index (χ0v) is 11.5. The average Bonchev–Trinajstić information content (AvgIpc) is 2.88. The van der Waals surface area contributed by atoms with Crippen LogP contribution in [0.25, 0.3) is 0 Å². The van der Waals surface area contributed by atoms with E-state index in [9.17, 15) is 18.5 Å². The van der Waals surface area contributed by atoms with E-state index in [0.717, 1.165) is 24.3 Å². The van der Waals surface area contributed by atoms with E-state index in [4.69, 9.17) is 10.5 Å². The molecule has 1 heterocycles. The van der Waals surface area contributed by atoms with Gasteiger partial charge in [-0.3, -0.25) is 10.1 Å². The topological polar surface area (TPSA) is 166 Å². The van der Waals surface area contributed by atoms with Gasteiger partial charge in [-0.15, -0.1) is 0 Å². The zero-order valence-electron chi connectivity index (χ0n) is 10.6. The lowest BCUT2D eigenvalue weighted by atomic mass is 10.3. The van der Waals surface area contributed by atoms with Crippen LogP contribution in [0.15, 0.2) is 29.2 Å². The van der Waals surface area contributed by atoms with Gasteiger partial charge in [0, 0.05) is 12.1 Å². The number of rotatable bonds is 4. The van der Waals surface area contributed by atoms with Crippen molar-refractivity contribution in [1.29, 1.82) is 10.5 Å². The number of H-pyrrole nitrogens is 1.